The first kappa shape index (κ1) is 18.4. The van der Waals surface area contributed by atoms with Crippen molar-refractivity contribution >= 4 is 16.9 Å². The lowest BCUT2D eigenvalue weighted by molar-refractivity contribution is 0.183. The number of rotatable bonds is 4. The Balaban J connectivity index is 1.50. The van der Waals surface area contributed by atoms with Crippen LogP contribution in [-0.2, 0) is 11.8 Å². The van der Waals surface area contributed by atoms with Crippen molar-refractivity contribution in [2.45, 2.75) is 19.0 Å². The van der Waals surface area contributed by atoms with Gasteiger partial charge in [-0.2, -0.15) is 5.10 Å². The number of nitrogens with one attached hydrogen (secondary N) is 1. The molecule has 30 heavy (non-hydrogen) atoms. The Morgan fingerprint density at radius 1 is 1.20 bits per heavy atom. The highest BCUT2D eigenvalue weighted by Gasteiger charge is 2.32. The molecule has 5 rings (SSSR count). The van der Waals surface area contributed by atoms with Crippen LogP contribution in [-0.4, -0.2) is 48.6 Å². The van der Waals surface area contributed by atoms with Crippen molar-refractivity contribution in [1.29, 1.82) is 0 Å². The van der Waals surface area contributed by atoms with Gasteiger partial charge in [-0.05, 0) is 31.2 Å². The number of ether oxygens (including phenoxy) is 1. The largest absolute Gasteiger partial charge is 0.377 e. The normalized spacial score (nSPS) is 18.7. The van der Waals surface area contributed by atoms with E-state index in [2.05, 4.69) is 29.9 Å². The summed E-state index contributed by atoms with van der Waals surface area (Å²) in [5.41, 5.74) is 4.26. The molecule has 0 bridgehead atoms. The molecular weight excluding hydrogens is 382 g/mol. The maximum absolute atomic E-state index is 12.6. The fourth-order valence-electron chi connectivity index (χ4n) is 3.83. The third kappa shape index (κ3) is 3.13. The molecule has 1 fully saturated rings. The topological polar surface area (TPSA) is 99.8 Å². The van der Waals surface area contributed by atoms with Gasteiger partial charge in [0.25, 0.3) is 5.56 Å². The molecule has 5 heterocycles. The highest BCUT2D eigenvalue weighted by molar-refractivity contribution is 5.87. The number of hydrogen-bond donors (Lipinski definition) is 1. The molecule has 0 saturated carbocycles. The number of nitrogens with zero attached hydrogens (tertiary/aromatic N) is 6. The quantitative estimate of drug-likeness (QED) is 0.556. The zero-order chi connectivity index (χ0) is 20.7. The molecule has 2 unspecified atom stereocenters. The number of anilines is 1. The minimum Gasteiger partial charge on any atom is -0.377 e. The van der Waals surface area contributed by atoms with Gasteiger partial charge in [0.2, 0.25) is 0 Å². The van der Waals surface area contributed by atoms with Gasteiger partial charge in [0.05, 0.1) is 30.5 Å². The Morgan fingerprint density at radius 3 is 2.93 bits per heavy atom. The maximum atomic E-state index is 12.6. The second kappa shape index (κ2) is 7.34. The predicted octanol–water partition coefficient (Wildman–Crippen LogP) is 1.95. The minimum absolute atomic E-state index is 0.160. The zero-order valence-electron chi connectivity index (χ0n) is 16.7. The van der Waals surface area contributed by atoms with E-state index in [1.165, 1.54) is 10.7 Å². The Kier molecular flexibility index (Phi) is 4.51. The fourth-order valence-corrected chi connectivity index (χ4v) is 3.83. The van der Waals surface area contributed by atoms with Crippen LogP contribution in [0.4, 0.5) is 5.82 Å². The Morgan fingerprint density at radius 2 is 2.10 bits per heavy atom. The molecule has 0 aromatic carbocycles. The van der Waals surface area contributed by atoms with Crippen molar-refractivity contribution in [3.63, 3.8) is 0 Å². The van der Waals surface area contributed by atoms with Crippen LogP contribution in [0.1, 0.15) is 11.7 Å². The number of fused-ring (bicyclic) bond motifs is 1. The van der Waals surface area contributed by atoms with E-state index in [4.69, 9.17) is 4.74 Å². The maximum Gasteiger partial charge on any atom is 0.267 e. The van der Waals surface area contributed by atoms with Crippen molar-refractivity contribution in [2.24, 2.45) is 7.05 Å². The molecule has 4 aromatic heterocycles. The summed E-state index contributed by atoms with van der Waals surface area (Å²) in [5.74, 6) is 0.715. The predicted molar refractivity (Wildman–Crippen MR) is 112 cm³/mol. The van der Waals surface area contributed by atoms with Crippen molar-refractivity contribution < 1.29 is 4.74 Å². The minimum atomic E-state index is -0.263. The Hall–Kier alpha value is -3.59. The first-order chi connectivity index (χ1) is 14.6. The Bertz CT molecular complexity index is 1270. The third-order valence-electron chi connectivity index (χ3n) is 5.53. The first-order valence-corrected chi connectivity index (χ1v) is 9.73. The molecule has 1 aliphatic heterocycles. The second-order valence-electron chi connectivity index (χ2n) is 7.40. The molecule has 9 nitrogen and oxygen atoms in total. The molecule has 0 radical (unpaired) electrons. The zero-order valence-corrected chi connectivity index (χ0v) is 16.7. The van der Waals surface area contributed by atoms with Gasteiger partial charge in [-0.25, -0.2) is 14.6 Å². The smallest absolute Gasteiger partial charge is 0.267 e. The van der Waals surface area contributed by atoms with Gasteiger partial charge < -0.3 is 14.6 Å². The van der Waals surface area contributed by atoms with Gasteiger partial charge in [-0.1, -0.05) is 0 Å². The standard InChI is InChI=1S/C21H21N7O2/c1-13-8-16-20(27(13)2)21(24-12-23-16)25-17-10-30-11-18(17)28-19(29)6-5-15(26-28)14-4-3-7-22-9-14/h3-9,12,17-18H,10-11H2,1-2H3,(H,23,24,25). The van der Waals surface area contributed by atoms with Crippen LogP contribution < -0.4 is 10.9 Å². The SMILES string of the molecule is Cc1cc2ncnc(NC3COCC3n3nc(-c4cccnc4)ccc3=O)c2n1C. The van der Waals surface area contributed by atoms with E-state index in [0.717, 1.165) is 22.3 Å². The molecular formula is C21H21N7O2. The van der Waals surface area contributed by atoms with Crippen LogP contribution in [0.15, 0.2) is 53.8 Å². The number of pyridine rings is 1. The van der Waals surface area contributed by atoms with E-state index in [9.17, 15) is 4.79 Å². The summed E-state index contributed by atoms with van der Waals surface area (Å²) in [6, 6.07) is 8.61. The van der Waals surface area contributed by atoms with Crippen LogP contribution in [0, 0.1) is 6.92 Å². The lowest BCUT2D eigenvalue weighted by Crippen LogP contribution is -2.37. The summed E-state index contributed by atoms with van der Waals surface area (Å²) in [5, 5.41) is 8.07. The summed E-state index contributed by atoms with van der Waals surface area (Å²) in [6.07, 6.45) is 4.98. The monoisotopic (exact) mass is 403 g/mol. The molecule has 152 valence electrons. The molecule has 0 aliphatic carbocycles. The van der Waals surface area contributed by atoms with Gasteiger partial charge in [-0.3, -0.25) is 9.78 Å². The van der Waals surface area contributed by atoms with Gasteiger partial charge in [0.1, 0.15) is 17.9 Å². The van der Waals surface area contributed by atoms with Gasteiger partial charge in [0, 0.05) is 36.8 Å². The number of aryl methyl sites for hydroxylation is 2. The van der Waals surface area contributed by atoms with Gasteiger partial charge >= 0.3 is 0 Å². The van der Waals surface area contributed by atoms with Crippen molar-refractivity contribution in [2.75, 3.05) is 18.5 Å². The third-order valence-corrected chi connectivity index (χ3v) is 5.53. The lowest BCUT2D eigenvalue weighted by atomic mass is 10.1. The van der Waals surface area contributed by atoms with Crippen LogP contribution in [0.3, 0.4) is 0 Å². The van der Waals surface area contributed by atoms with Crippen LogP contribution in [0.2, 0.25) is 0 Å². The van der Waals surface area contributed by atoms with Gasteiger partial charge in [-0.15, -0.1) is 0 Å². The molecule has 4 aromatic rings. The lowest BCUT2D eigenvalue weighted by Gasteiger charge is -2.21. The molecule has 0 amide bonds. The van der Waals surface area contributed by atoms with Crippen molar-refractivity contribution in [1.82, 2.24) is 29.3 Å². The van der Waals surface area contributed by atoms with E-state index >= 15 is 0 Å². The molecule has 2 atom stereocenters. The van der Waals surface area contributed by atoms with Crippen LogP contribution >= 0.6 is 0 Å². The van der Waals surface area contributed by atoms with E-state index in [0.29, 0.717) is 24.7 Å². The van der Waals surface area contributed by atoms with E-state index in [1.807, 2.05) is 32.2 Å². The average Bonchev–Trinajstić information content (AvgIpc) is 3.33. The molecule has 1 aliphatic rings. The summed E-state index contributed by atoms with van der Waals surface area (Å²) >= 11 is 0. The molecule has 9 heteroatoms. The van der Waals surface area contributed by atoms with E-state index in [1.54, 1.807) is 24.8 Å². The average molecular weight is 403 g/mol. The van der Waals surface area contributed by atoms with Gasteiger partial charge in [0.15, 0.2) is 5.82 Å². The van der Waals surface area contributed by atoms with E-state index in [-0.39, 0.29) is 17.6 Å². The number of hydrogen-bond acceptors (Lipinski definition) is 7. The molecule has 0 spiro atoms. The van der Waals surface area contributed by atoms with Crippen molar-refractivity contribution in [3.05, 3.63) is 65.1 Å². The van der Waals surface area contributed by atoms with Crippen molar-refractivity contribution in [3.8, 4) is 11.3 Å². The molecule has 1 N–H and O–H groups in total. The highest BCUT2D eigenvalue weighted by atomic mass is 16.5. The first-order valence-electron chi connectivity index (χ1n) is 9.73. The summed E-state index contributed by atoms with van der Waals surface area (Å²) in [6.45, 7) is 2.87. The fraction of sp³-hybridized carbons (Fsp3) is 0.286. The summed E-state index contributed by atoms with van der Waals surface area (Å²) in [4.78, 5) is 25.6. The molecule has 1 saturated heterocycles. The summed E-state index contributed by atoms with van der Waals surface area (Å²) < 4.78 is 9.27. The highest BCUT2D eigenvalue weighted by Crippen LogP contribution is 2.27. The summed E-state index contributed by atoms with van der Waals surface area (Å²) in [7, 11) is 1.98. The van der Waals surface area contributed by atoms with Crippen LogP contribution in [0.5, 0.6) is 0 Å². The number of aromatic nitrogens is 6. The van der Waals surface area contributed by atoms with E-state index < -0.39 is 0 Å². The Labute approximate surface area is 172 Å². The van der Waals surface area contributed by atoms with Crippen LogP contribution in [0.25, 0.3) is 22.3 Å². The second-order valence-corrected chi connectivity index (χ2v) is 7.40.